The van der Waals surface area contributed by atoms with Gasteiger partial charge in [0.25, 0.3) is 5.91 Å². The zero-order valence-corrected chi connectivity index (χ0v) is 18.2. The second kappa shape index (κ2) is 8.27. The van der Waals surface area contributed by atoms with E-state index < -0.39 is 5.97 Å². The Balaban J connectivity index is 1.50. The molecule has 4 aromatic rings. The zero-order chi connectivity index (χ0) is 22.9. The maximum absolute atomic E-state index is 13.1. The molecule has 33 heavy (non-hydrogen) atoms. The first kappa shape index (κ1) is 20.5. The minimum Gasteiger partial charge on any atom is -0.463 e. The van der Waals surface area contributed by atoms with Gasteiger partial charge in [-0.3, -0.25) is 4.79 Å². The Labute approximate surface area is 190 Å². The highest BCUT2D eigenvalue weighted by Crippen LogP contribution is 2.29. The summed E-state index contributed by atoms with van der Waals surface area (Å²) in [5.74, 6) is 0.113. The molecule has 0 saturated carbocycles. The van der Waals surface area contributed by atoms with Crippen molar-refractivity contribution in [3.8, 4) is 0 Å². The minimum atomic E-state index is -0.512. The number of hydrogen-bond donors (Lipinski definition) is 0. The third-order valence-corrected chi connectivity index (χ3v) is 5.56. The fourth-order valence-electron chi connectivity index (χ4n) is 3.95. The predicted octanol–water partition coefficient (Wildman–Crippen LogP) is 4.88. The first-order chi connectivity index (χ1) is 16.0. The van der Waals surface area contributed by atoms with E-state index in [0.717, 1.165) is 22.2 Å². The van der Waals surface area contributed by atoms with Gasteiger partial charge < -0.3 is 13.7 Å². The average molecular weight is 439 g/mol. The molecule has 2 aromatic carbocycles. The van der Waals surface area contributed by atoms with Gasteiger partial charge in [-0.15, -0.1) is 0 Å². The quantitative estimate of drug-likeness (QED) is 0.328. The van der Waals surface area contributed by atoms with Crippen molar-refractivity contribution in [2.24, 2.45) is 5.10 Å². The lowest BCUT2D eigenvalue weighted by Gasteiger charge is -2.10. The molecule has 0 bridgehead atoms. The summed E-state index contributed by atoms with van der Waals surface area (Å²) in [7, 11) is 1.32. The molecular weight excluding hydrogens is 418 g/mol. The van der Waals surface area contributed by atoms with E-state index in [1.165, 1.54) is 12.1 Å². The summed E-state index contributed by atoms with van der Waals surface area (Å²) in [5, 5.41) is 6.90. The largest absolute Gasteiger partial charge is 0.463 e. The summed E-state index contributed by atoms with van der Waals surface area (Å²) in [6.45, 7) is 2.26. The topological polar surface area (TPSA) is 77.0 Å². The van der Waals surface area contributed by atoms with E-state index >= 15 is 0 Å². The fraction of sp³-hybridized carbons (Fsp3) is 0.115. The molecule has 7 nitrogen and oxygen atoms in total. The van der Waals surface area contributed by atoms with Crippen LogP contribution in [0.3, 0.4) is 0 Å². The van der Waals surface area contributed by atoms with Gasteiger partial charge in [0.15, 0.2) is 0 Å². The van der Waals surface area contributed by atoms with Gasteiger partial charge in [-0.05, 0) is 43.3 Å². The van der Waals surface area contributed by atoms with Crippen LogP contribution in [0.2, 0.25) is 0 Å². The number of benzene rings is 2. The number of rotatable bonds is 5. The van der Waals surface area contributed by atoms with Crippen LogP contribution in [-0.4, -0.2) is 29.3 Å². The predicted molar refractivity (Wildman–Crippen MR) is 126 cm³/mol. The van der Waals surface area contributed by atoms with Gasteiger partial charge in [-0.2, -0.15) is 10.1 Å². The molecule has 0 unspecified atom stereocenters. The molecule has 0 saturated heterocycles. The highest BCUT2D eigenvalue weighted by Gasteiger charge is 2.29. The molecule has 2 aromatic heterocycles. The summed E-state index contributed by atoms with van der Waals surface area (Å²) in [6.07, 6.45) is 3.86. The Morgan fingerprint density at radius 3 is 2.61 bits per heavy atom. The molecule has 0 atom stereocenters. The summed E-state index contributed by atoms with van der Waals surface area (Å²) >= 11 is 0. The van der Waals surface area contributed by atoms with Crippen LogP contribution in [0.4, 0.5) is 5.69 Å². The molecule has 7 heteroatoms. The number of para-hydroxylation sites is 2. The number of hydrazone groups is 1. The molecule has 5 rings (SSSR count). The van der Waals surface area contributed by atoms with Crippen LogP contribution in [0.1, 0.15) is 28.8 Å². The van der Waals surface area contributed by atoms with E-state index in [-0.39, 0.29) is 11.7 Å². The van der Waals surface area contributed by atoms with E-state index in [2.05, 4.69) is 5.10 Å². The highest BCUT2D eigenvalue weighted by atomic mass is 16.5. The molecule has 0 radical (unpaired) electrons. The van der Waals surface area contributed by atoms with Gasteiger partial charge >= 0.3 is 5.97 Å². The van der Waals surface area contributed by atoms with Crippen LogP contribution in [0, 0.1) is 0 Å². The van der Waals surface area contributed by atoms with Crippen LogP contribution in [0.15, 0.2) is 88.0 Å². The van der Waals surface area contributed by atoms with E-state index in [4.69, 9.17) is 9.15 Å². The molecule has 0 fully saturated rings. The summed E-state index contributed by atoms with van der Waals surface area (Å²) in [6, 6.07) is 20.7. The van der Waals surface area contributed by atoms with Crippen molar-refractivity contribution in [2.45, 2.75) is 13.5 Å². The van der Waals surface area contributed by atoms with Crippen molar-refractivity contribution >= 4 is 40.3 Å². The van der Waals surface area contributed by atoms with E-state index in [0.29, 0.717) is 23.6 Å². The summed E-state index contributed by atoms with van der Waals surface area (Å²) in [5.41, 5.74) is 3.83. The molecule has 0 N–H and O–H groups in total. The van der Waals surface area contributed by atoms with Gasteiger partial charge in [-0.25, -0.2) is 4.79 Å². The van der Waals surface area contributed by atoms with Gasteiger partial charge in [-0.1, -0.05) is 36.4 Å². The Bertz CT molecular complexity index is 1430. The minimum absolute atomic E-state index is 0.163. The number of aromatic nitrogens is 1. The van der Waals surface area contributed by atoms with Crippen molar-refractivity contribution in [3.63, 3.8) is 0 Å². The van der Waals surface area contributed by atoms with Crippen LogP contribution in [-0.2, 0) is 16.1 Å². The number of hydrogen-bond acceptors (Lipinski definition) is 5. The van der Waals surface area contributed by atoms with Gasteiger partial charge in [0.2, 0.25) is 5.76 Å². The molecule has 0 spiro atoms. The maximum Gasteiger partial charge on any atom is 0.373 e. The van der Waals surface area contributed by atoms with Crippen LogP contribution in [0.25, 0.3) is 17.0 Å². The number of nitrogens with zero attached hydrogens (tertiary/aromatic N) is 3. The Kier molecular flexibility index (Phi) is 5.14. The molecule has 0 aliphatic carbocycles. The first-order valence-electron chi connectivity index (χ1n) is 10.5. The Morgan fingerprint density at radius 2 is 1.82 bits per heavy atom. The number of ether oxygens (including phenoxy) is 1. The molecule has 164 valence electrons. The SMILES string of the molecule is COC(=O)c1ccc(Cn2cc(/C=C3/C(=O)N(c4ccccc4)N=C3C)c3ccccc32)o1. The number of fused-ring (bicyclic) bond motifs is 1. The zero-order valence-electron chi connectivity index (χ0n) is 18.2. The Hall–Kier alpha value is -4.39. The number of esters is 1. The van der Waals surface area contributed by atoms with Crippen molar-refractivity contribution < 1.29 is 18.7 Å². The monoisotopic (exact) mass is 439 g/mol. The lowest BCUT2D eigenvalue weighted by molar-refractivity contribution is -0.114. The van der Waals surface area contributed by atoms with Crippen LogP contribution >= 0.6 is 0 Å². The number of carbonyl (C=O) groups excluding carboxylic acids is 2. The summed E-state index contributed by atoms with van der Waals surface area (Å²) in [4.78, 5) is 24.8. The molecule has 1 aliphatic rings. The van der Waals surface area contributed by atoms with E-state index in [1.54, 1.807) is 12.1 Å². The standard InChI is InChI=1S/C26H21N3O4/c1-17-22(25(30)29(27-17)19-8-4-3-5-9-19)14-18-15-28(23-11-7-6-10-21(18)23)16-20-12-13-24(33-20)26(31)32-2/h3-15H,16H2,1-2H3/b22-14+. The second-order valence-corrected chi connectivity index (χ2v) is 7.68. The number of carbonyl (C=O) groups is 2. The van der Waals surface area contributed by atoms with E-state index in [1.807, 2.05) is 78.4 Å². The van der Waals surface area contributed by atoms with E-state index in [9.17, 15) is 9.59 Å². The smallest absolute Gasteiger partial charge is 0.373 e. The van der Waals surface area contributed by atoms with Crippen molar-refractivity contribution in [3.05, 3.63) is 95.6 Å². The normalized spacial score (nSPS) is 14.8. The van der Waals surface area contributed by atoms with Crippen molar-refractivity contribution in [1.29, 1.82) is 0 Å². The van der Waals surface area contributed by atoms with Crippen LogP contribution in [0.5, 0.6) is 0 Å². The molecular formula is C26H21N3O4. The number of anilines is 1. The third-order valence-electron chi connectivity index (χ3n) is 5.56. The second-order valence-electron chi connectivity index (χ2n) is 7.68. The lowest BCUT2D eigenvalue weighted by Crippen LogP contribution is -2.21. The molecule has 1 aliphatic heterocycles. The molecule has 3 heterocycles. The number of methoxy groups -OCH3 is 1. The van der Waals surface area contributed by atoms with Crippen molar-refractivity contribution in [1.82, 2.24) is 4.57 Å². The number of furan rings is 1. The summed E-state index contributed by atoms with van der Waals surface area (Å²) < 4.78 is 12.4. The van der Waals surface area contributed by atoms with Gasteiger partial charge in [0, 0.05) is 22.7 Å². The Morgan fingerprint density at radius 1 is 1.06 bits per heavy atom. The maximum atomic E-state index is 13.1. The molecule has 1 amide bonds. The highest BCUT2D eigenvalue weighted by molar-refractivity contribution is 6.32. The third kappa shape index (κ3) is 3.74. The van der Waals surface area contributed by atoms with Crippen LogP contribution < -0.4 is 5.01 Å². The van der Waals surface area contributed by atoms with Gasteiger partial charge in [0.1, 0.15) is 5.76 Å². The fourth-order valence-corrected chi connectivity index (χ4v) is 3.95. The first-order valence-corrected chi connectivity index (χ1v) is 10.5. The lowest BCUT2D eigenvalue weighted by atomic mass is 10.1. The number of amides is 1. The van der Waals surface area contributed by atoms with Gasteiger partial charge in [0.05, 0.1) is 30.6 Å². The average Bonchev–Trinajstić information content (AvgIpc) is 3.53. The van der Waals surface area contributed by atoms with Crippen molar-refractivity contribution in [2.75, 3.05) is 12.1 Å².